The van der Waals surface area contributed by atoms with Gasteiger partial charge in [-0.25, -0.2) is 0 Å². The van der Waals surface area contributed by atoms with Gasteiger partial charge in [-0.3, -0.25) is 0 Å². The van der Waals surface area contributed by atoms with Crippen molar-refractivity contribution in [3.8, 4) is 55.6 Å². The van der Waals surface area contributed by atoms with Gasteiger partial charge in [-0.15, -0.1) is 0 Å². The van der Waals surface area contributed by atoms with Crippen molar-refractivity contribution in [1.82, 2.24) is 0 Å². The molecule has 0 fully saturated rings. The van der Waals surface area contributed by atoms with Crippen molar-refractivity contribution in [2.75, 3.05) is 4.90 Å². The Bertz CT molecular complexity index is 2950. The zero-order valence-corrected chi connectivity index (χ0v) is 34.2. The zero-order chi connectivity index (χ0) is 39.6. The van der Waals surface area contributed by atoms with Gasteiger partial charge in [0.05, 0.1) is 5.69 Å². The Morgan fingerprint density at radius 3 is 1.40 bits per heavy atom. The van der Waals surface area contributed by atoms with Crippen molar-refractivity contribution in [2.45, 2.75) is 57.8 Å². The molecular weight excluding hydrogens is 699 g/mol. The van der Waals surface area contributed by atoms with E-state index in [0.29, 0.717) is 0 Å². The van der Waals surface area contributed by atoms with Crippen LogP contribution in [0, 0.1) is 0 Å². The average molecular weight is 746 g/mol. The second-order valence-corrected chi connectivity index (χ2v) is 18.1. The molecule has 8 aromatic rings. The summed E-state index contributed by atoms with van der Waals surface area (Å²) >= 11 is 0. The molecule has 0 aliphatic heterocycles. The molecule has 1 nitrogen and oxygen atoms in total. The van der Waals surface area contributed by atoms with Crippen LogP contribution in [0.15, 0.2) is 176 Å². The molecule has 0 saturated carbocycles. The van der Waals surface area contributed by atoms with Gasteiger partial charge in [0.2, 0.25) is 0 Å². The van der Waals surface area contributed by atoms with E-state index >= 15 is 0 Å². The quantitative estimate of drug-likeness (QED) is 0.170. The summed E-state index contributed by atoms with van der Waals surface area (Å²) in [6.07, 6.45) is 0. The normalized spacial score (nSPS) is 15.5. The van der Waals surface area contributed by atoms with Crippen LogP contribution in [0.25, 0.3) is 55.6 Å². The summed E-state index contributed by atoms with van der Waals surface area (Å²) < 4.78 is 0. The molecule has 58 heavy (non-hydrogen) atoms. The van der Waals surface area contributed by atoms with Crippen molar-refractivity contribution in [3.63, 3.8) is 0 Å². The molecule has 0 N–H and O–H groups in total. The van der Waals surface area contributed by atoms with Crippen LogP contribution in [0.2, 0.25) is 0 Å². The molecular formula is C57H47N. The highest BCUT2D eigenvalue weighted by Crippen LogP contribution is 2.63. The summed E-state index contributed by atoms with van der Waals surface area (Å²) in [6, 6.07) is 66.0. The summed E-state index contributed by atoms with van der Waals surface area (Å²) in [5.74, 6) is 0. The van der Waals surface area contributed by atoms with Crippen LogP contribution in [0.5, 0.6) is 0 Å². The zero-order valence-electron chi connectivity index (χ0n) is 34.2. The molecule has 11 rings (SSSR count). The Hall–Kier alpha value is -6.44. The molecule has 0 amide bonds. The Kier molecular flexibility index (Phi) is 7.36. The lowest BCUT2D eigenvalue weighted by Gasteiger charge is -2.33. The fraction of sp³-hybridized carbons (Fsp3) is 0.158. The van der Waals surface area contributed by atoms with Gasteiger partial charge >= 0.3 is 0 Å². The molecule has 3 aliphatic rings. The summed E-state index contributed by atoms with van der Waals surface area (Å²) in [4.78, 5) is 2.62. The summed E-state index contributed by atoms with van der Waals surface area (Å²) in [5.41, 5.74) is 24.3. The minimum atomic E-state index is -0.209. The van der Waals surface area contributed by atoms with Gasteiger partial charge in [-0.1, -0.05) is 187 Å². The maximum Gasteiger partial charge on any atom is 0.0624 e. The Balaban J connectivity index is 1.25. The van der Waals surface area contributed by atoms with Crippen LogP contribution in [-0.2, 0) is 16.2 Å². The van der Waals surface area contributed by atoms with Gasteiger partial charge in [0.1, 0.15) is 0 Å². The first-order chi connectivity index (χ1) is 28.0. The Labute approximate surface area is 343 Å². The number of fused-ring (bicyclic) bond motifs is 9. The molecule has 0 heterocycles. The van der Waals surface area contributed by atoms with E-state index in [0.717, 1.165) is 5.69 Å². The first kappa shape index (κ1) is 34.8. The maximum absolute atomic E-state index is 2.62. The lowest BCUT2D eigenvalue weighted by Crippen LogP contribution is -2.21. The van der Waals surface area contributed by atoms with E-state index in [1.807, 2.05) is 0 Å². The minimum absolute atomic E-state index is 0.140. The van der Waals surface area contributed by atoms with Crippen LogP contribution in [0.3, 0.4) is 0 Å². The van der Waals surface area contributed by atoms with Gasteiger partial charge in [0.25, 0.3) is 0 Å². The van der Waals surface area contributed by atoms with E-state index in [1.54, 1.807) is 0 Å². The molecule has 8 aromatic carbocycles. The first-order valence-electron chi connectivity index (χ1n) is 20.8. The van der Waals surface area contributed by atoms with Crippen molar-refractivity contribution in [2.24, 2.45) is 0 Å². The highest BCUT2D eigenvalue weighted by atomic mass is 15.1. The molecule has 0 atom stereocenters. The first-order valence-corrected chi connectivity index (χ1v) is 20.8. The van der Waals surface area contributed by atoms with E-state index in [2.05, 4.69) is 222 Å². The van der Waals surface area contributed by atoms with Crippen LogP contribution in [-0.4, -0.2) is 0 Å². The van der Waals surface area contributed by atoms with Crippen LogP contribution in [0.4, 0.5) is 17.1 Å². The predicted octanol–water partition coefficient (Wildman–Crippen LogP) is 15.4. The topological polar surface area (TPSA) is 3.24 Å². The molecule has 1 heteroatoms. The number of rotatable bonds is 5. The van der Waals surface area contributed by atoms with Gasteiger partial charge in [-0.2, -0.15) is 0 Å². The van der Waals surface area contributed by atoms with E-state index in [4.69, 9.17) is 0 Å². The molecule has 0 radical (unpaired) electrons. The van der Waals surface area contributed by atoms with Crippen molar-refractivity contribution >= 4 is 17.1 Å². The molecule has 3 aliphatic carbocycles. The fourth-order valence-electron chi connectivity index (χ4n) is 10.7. The number of anilines is 3. The molecule has 0 spiro atoms. The minimum Gasteiger partial charge on any atom is -0.309 e. The van der Waals surface area contributed by atoms with Gasteiger partial charge in [-0.05, 0) is 108 Å². The van der Waals surface area contributed by atoms with E-state index in [9.17, 15) is 0 Å². The number of benzene rings is 8. The largest absolute Gasteiger partial charge is 0.309 e. The number of nitrogens with zero attached hydrogens (tertiary/aromatic N) is 1. The highest BCUT2D eigenvalue weighted by molar-refractivity contribution is 6.06. The summed E-state index contributed by atoms with van der Waals surface area (Å²) in [7, 11) is 0. The van der Waals surface area contributed by atoms with Crippen LogP contribution in [0.1, 0.15) is 74.9 Å². The van der Waals surface area contributed by atoms with Gasteiger partial charge in [0.15, 0.2) is 0 Å². The standard InChI is InChI=1S/C57H47N/c1-55(2)46-23-15-13-21-42(46)43-31-30-41(34-49(43)55)58(40-28-25-38(26-29-40)36-17-9-7-10-18-36)54-52-44-22-14-16-24-47(44)56(3,4)50(52)35-51-53(54)45-33-39(37-19-11-8-12-20-37)27-32-48(45)57(51,5)6/h7-35H,1-6H3. The SMILES string of the molecule is CC1(C)c2ccccc2-c2ccc(N(c3ccc(-c4ccccc4)cc3)c3c4c(cc5c3-c3cc(-c6ccccc6)ccc3C5(C)C)C(C)(C)c3ccccc3-4)cc21. The molecule has 0 bridgehead atoms. The lowest BCUT2D eigenvalue weighted by atomic mass is 9.77. The van der Waals surface area contributed by atoms with Crippen molar-refractivity contribution in [3.05, 3.63) is 209 Å². The molecule has 280 valence electrons. The monoisotopic (exact) mass is 745 g/mol. The maximum atomic E-state index is 2.62. The van der Waals surface area contributed by atoms with E-state index < -0.39 is 0 Å². The second kappa shape index (κ2) is 12.3. The third-order valence-electron chi connectivity index (χ3n) is 13.9. The van der Waals surface area contributed by atoms with Crippen molar-refractivity contribution in [1.29, 1.82) is 0 Å². The molecule has 0 saturated heterocycles. The highest BCUT2D eigenvalue weighted by Gasteiger charge is 2.46. The van der Waals surface area contributed by atoms with Crippen LogP contribution < -0.4 is 4.90 Å². The fourth-order valence-corrected chi connectivity index (χ4v) is 10.7. The summed E-state index contributed by atoms with van der Waals surface area (Å²) in [6.45, 7) is 14.5. The Morgan fingerprint density at radius 2 is 0.741 bits per heavy atom. The lowest BCUT2D eigenvalue weighted by molar-refractivity contribution is 0.639. The average Bonchev–Trinajstić information content (AvgIpc) is 3.74. The third-order valence-corrected chi connectivity index (χ3v) is 13.9. The van der Waals surface area contributed by atoms with Crippen molar-refractivity contribution < 1.29 is 0 Å². The summed E-state index contributed by atoms with van der Waals surface area (Å²) in [5, 5.41) is 0. The number of hydrogen-bond donors (Lipinski definition) is 0. The van der Waals surface area contributed by atoms with E-state index in [1.165, 1.54) is 100 Å². The molecule has 0 unspecified atom stereocenters. The van der Waals surface area contributed by atoms with Gasteiger partial charge < -0.3 is 4.90 Å². The smallest absolute Gasteiger partial charge is 0.0624 e. The third kappa shape index (κ3) is 4.83. The predicted molar refractivity (Wildman–Crippen MR) is 245 cm³/mol. The van der Waals surface area contributed by atoms with E-state index in [-0.39, 0.29) is 16.2 Å². The molecule has 0 aromatic heterocycles. The van der Waals surface area contributed by atoms with Crippen LogP contribution >= 0.6 is 0 Å². The number of hydrogen-bond acceptors (Lipinski definition) is 1. The Morgan fingerprint density at radius 1 is 0.293 bits per heavy atom. The van der Waals surface area contributed by atoms with Gasteiger partial charge in [0, 0.05) is 38.7 Å². The second-order valence-electron chi connectivity index (χ2n) is 18.1.